The van der Waals surface area contributed by atoms with E-state index in [0.29, 0.717) is 28.1 Å². The van der Waals surface area contributed by atoms with E-state index in [1.54, 1.807) is 42.5 Å². The number of carbonyl (C=O) groups excluding carboxylic acids is 2. The third-order valence-electron chi connectivity index (χ3n) is 3.54. The predicted molar refractivity (Wildman–Crippen MR) is 78.5 cm³/mol. The topological polar surface area (TPSA) is 72.6 Å². The van der Waals surface area contributed by atoms with Crippen molar-refractivity contribution in [1.82, 2.24) is 0 Å². The molecule has 5 nitrogen and oxygen atoms in total. The van der Waals surface area contributed by atoms with Crippen LogP contribution in [0.15, 0.2) is 42.5 Å². The van der Waals surface area contributed by atoms with Gasteiger partial charge in [-0.15, -0.1) is 0 Å². The maximum absolute atomic E-state index is 12.6. The molecular formula is C16H14N2O3. The molecule has 21 heavy (non-hydrogen) atoms. The van der Waals surface area contributed by atoms with E-state index < -0.39 is 0 Å². The summed E-state index contributed by atoms with van der Waals surface area (Å²) in [6.07, 6.45) is 0. The van der Waals surface area contributed by atoms with Crippen LogP contribution in [0, 0.1) is 0 Å². The number of amides is 2. The van der Waals surface area contributed by atoms with Crippen molar-refractivity contribution in [2.24, 2.45) is 5.73 Å². The molecule has 0 saturated carbocycles. The minimum absolute atomic E-state index is 0.208. The van der Waals surface area contributed by atoms with Crippen LogP contribution in [0.3, 0.4) is 0 Å². The van der Waals surface area contributed by atoms with Crippen LogP contribution < -0.4 is 15.4 Å². The summed E-state index contributed by atoms with van der Waals surface area (Å²) in [5.74, 6) is -0.253. The molecule has 0 aliphatic carbocycles. The molecule has 2 N–H and O–H groups in total. The second-order valence-corrected chi connectivity index (χ2v) is 4.66. The van der Waals surface area contributed by atoms with E-state index in [0.717, 1.165) is 4.90 Å². The number of nitrogens with zero attached hydrogens (tertiary/aromatic N) is 1. The quantitative estimate of drug-likeness (QED) is 0.873. The molecule has 1 heterocycles. The third-order valence-corrected chi connectivity index (χ3v) is 3.54. The van der Waals surface area contributed by atoms with Crippen molar-refractivity contribution in [2.45, 2.75) is 6.54 Å². The van der Waals surface area contributed by atoms with Crippen LogP contribution in [0.25, 0.3) is 0 Å². The van der Waals surface area contributed by atoms with Crippen LogP contribution in [0.5, 0.6) is 5.75 Å². The fraction of sp³-hybridized carbons (Fsp3) is 0.125. The Morgan fingerprint density at radius 2 is 1.62 bits per heavy atom. The number of nitrogens with two attached hydrogens (primary N) is 1. The van der Waals surface area contributed by atoms with Crippen molar-refractivity contribution in [1.29, 1.82) is 0 Å². The van der Waals surface area contributed by atoms with Gasteiger partial charge in [-0.25, -0.2) is 4.90 Å². The summed E-state index contributed by atoms with van der Waals surface area (Å²) in [7, 11) is 1.50. The van der Waals surface area contributed by atoms with Crippen LogP contribution >= 0.6 is 0 Å². The van der Waals surface area contributed by atoms with Gasteiger partial charge in [-0.2, -0.15) is 0 Å². The molecule has 2 aromatic carbocycles. The molecular weight excluding hydrogens is 268 g/mol. The minimum atomic E-state index is -0.352. The summed E-state index contributed by atoms with van der Waals surface area (Å²) in [6, 6.07) is 12.0. The van der Waals surface area contributed by atoms with Gasteiger partial charge >= 0.3 is 0 Å². The zero-order chi connectivity index (χ0) is 15.0. The Morgan fingerprint density at radius 3 is 2.14 bits per heavy atom. The van der Waals surface area contributed by atoms with E-state index >= 15 is 0 Å². The molecule has 0 aromatic heterocycles. The Kier molecular flexibility index (Phi) is 3.19. The van der Waals surface area contributed by atoms with Crippen molar-refractivity contribution in [3.05, 3.63) is 59.2 Å². The highest BCUT2D eigenvalue weighted by atomic mass is 16.5. The van der Waals surface area contributed by atoms with Gasteiger partial charge in [-0.05, 0) is 23.8 Å². The molecule has 0 spiro atoms. The highest BCUT2D eigenvalue weighted by molar-refractivity contribution is 6.35. The Morgan fingerprint density at radius 1 is 1.00 bits per heavy atom. The van der Waals surface area contributed by atoms with Gasteiger partial charge in [0.25, 0.3) is 11.8 Å². The van der Waals surface area contributed by atoms with Crippen LogP contribution in [0.4, 0.5) is 5.69 Å². The van der Waals surface area contributed by atoms with Crippen LogP contribution in [0.2, 0.25) is 0 Å². The maximum Gasteiger partial charge on any atom is 0.266 e. The van der Waals surface area contributed by atoms with Gasteiger partial charge < -0.3 is 10.5 Å². The summed E-state index contributed by atoms with van der Waals surface area (Å²) < 4.78 is 5.29. The number of anilines is 1. The summed E-state index contributed by atoms with van der Waals surface area (Å²) in [5, 5.41) is 0. The van der Waals surface area contributed by atoms with E-state index in [1.807, 2.05) is 0 Å². The first-order valence-corrected chi connectivity index (χ1v) is 6.52. The zero-order valence-corrected chi connectivity index (χ0v) is 11.5. The van der Waals surface area contributed by atoms with E-state index in [4.69, 9.17) is 10.5 Å². The standard InChI is InChI=1S/C16H14N2O3/c1-21-13-8-4-5-10(9-17)14(13)18-15(19)11-6-2-3-7-12(11)16(18)20/h2-8H,9,17H2,1H3. The summed E-state index contributed by atoms with van der Waals surface area (Å²) >= 11 is 0. The fourth-order valence-electron chi connectivity index (χ4n) is 2.54. The minimum Gasteiger partial charge on any atom is -0.495 e. The monoisotopic (exact) mass is 282 g/mol. The van der Waals surface area contributed by atoms with Crippen LogP contribution in [-0.4, -0.2) is 18.9 Å². The molecule has 1 aliphatic rings. The first-order chi connectivity index (χ1) is 10.2. The van der Waals surface area contributed by atoms with Crippen molar-refractivity contribution >= 4 is 17.5 Å². The van der Waals surface area contributed by atoms with Crippen LogP contribution in [0.1, 0.15) is 26.3 Å². The number of imide groups is 1. The number of fused-ring (bicyclic) bond motifs is 1. The Balaban J connectivity index is 2.20. The van der Waals surface area contributed by atoms with Crippen molar-refractivity contribution < 1.29 is 14.3 Å². The molecule has 106 valence electrons. The molecule has 0 atom stereocenters. The summed E-state index contributed by atoms with van der Waals surface area (Å²) in [6.45, 7) is 0.208. The predicted octanol–water partition coefficient (Wildman–Crippen LogP) is 1.95. The van der Waals surface area contributed by atoms with Gasteiger partial charge in [0.15, 0.2) is 0 Å². The summed E-state index contributed by atoms with van der Waals surface area (Å²) in [4.78, 5) is 26.2. The highest BCUT2D eigenvalue weighted by Crippen LogP contribution is 2.37. The van der Waals surface area contributed by atoms with Crippen LogP contribution in [-0.2, 0) is 6.54 Å². The molecule has 2 aromatic rings. The maximum atomic E-state index is 12.6. The van der Waals surface area contributed by atoms with Gasteiger partial charge in [-0.1, -0.05) is 24.3 Å². The average Bonchev–Trinajstić information content (AvgIpc) is 2.78. The molecule has 0 radical (unpaired) electrons. The number of benzene rings is 2. The zero-order valence-electron chi connectivity index (χ0n) is 11.5. The Hall–Kier alpha value is -2.66. The van der Waals surface area contributed by atoms with Gasteiger partial charge in [0.05, 0.1) is 23.9 Å². The van der Waals surface area contributed by atoms with Gasteiger partial charge in [-0.3, -0.25) is 9.59 Å². The van der Waals surface area contributed by atoms with E-state index in [1.165, 1.54) is 7.11 Å². The lowest BCUT2D eigenvalue weighted by Crippen LogP contribution is -2.31. The van der Waals surface area contributed by atoms with E-state index in [9.17, 15) is 9.59 Å². The molecule has 3 rings (SSSR count). The van der Waals surface area contributed by atoms with Crippen molar-refractivity contribution in [3.63, 3.8) is 0 Å². The van der Waals surface area contributed by atoms with E-state index in [-0.39, 0.29) is 18.4 Å². The summed E-state index contributed by atoms with van der Waals surface area (Å²) in [5.41, 5.74) is 7.64. The van der Waals surface area contributed by atoms with Gasteiger partial charge in [0.1, 0.15) is 5.75 Å². The second-order valence-electron chi connectivity index (χ2n) is 4.66. The van der Waals surface area contributed by atoms with E-state index in [2.05, 4.69) is 0 Å². The lowest BCUT2D eigenvalue weighted by molar-refractivity contribution is 0.0925. The third kappa shape index (κ3) is 1.90. The molecule has 5 heteroatoms. The first-order valence-electron chi connectivity index (χ1n) is 6.52. The molecule has 0 fully saturated rings. The Bertz CT molecular complexity index is 683. The number of para-hydroxylation sites is 1. The first kappa shape index (κ1) is 13.3. The molecule has 0 saturated heterocycles. The molecule has 0 bridgehead atoms. The fourth-order valence-corrected chi connectivity index (χ4v) is 2.54. The number of methoxy groups -OCH3 is 1. The second kappa shape index (κ2) is 5.03. The highest BCUT2D eigenvalue weighted by Gasteiger charge is 2.38. The number of carbonyl (C=O) groups is 2. The van der Waals surface area contributed by atoms with Crippen molar-refractivity contribution in [2.75, 3.05) is 12.0 Å². The number of hydrogen-bond donors (Lipinski definition) is 1. The number of ether oxygens (including phenoxy) is 1. The lowest BCUT2D eigenvalue weighted by atomic mass is 10.1. The van der Waals surface area contributed by atoms with Crippen molar-refractivity contribution in [3.8, 4) is 5.75 Å². The SMILES string of the molecule is COc1cccc(CN)c1N1C(=O)c2ccccc2C1=O. The largest absolute Gasteiger partial charge is 0.495 e. The van der Waals surface area contributed by atoms with Gasteiger partial charge in [0.2, 0.25) is 0 Å². The average molecular weight is 282 g/mol. The molecule has 0 unspecified atom stereocenters. The normalized spacial score (nSPS) is 13.5. The lowest BCUT2D eigenvalue weighted by Gasteiger charge is -2.20. The smallest absolute Gasteiger partial charge is 0.266 e. The number of hydrogen-bond acceptors (Lipinski definition) is 4. The molecule has 2 amide bonds. The number of rotatable bonds is 3. The Labute approximate surface area is 121 Å². The van der Waals surface area contributed by atoms with Gasteiger partial charge in [0, 0.05) is 6.54 Å². The molecule has 1 aliphatic heterocycles.